The van der Waals surface area contributed by atoms with Crippen LogP contribution in [0.4, 0.5) is 4.79 Å². The lowest BCUT2D eigenvalue weighted by atomic mass is 10.2. The summed E-state index contributed by atoms with van der Waals surface area (Å²) in [5, 5.41) is 5.03. The van der Waals surface area contributed by atoms with E-state index < -0.39 is 5.97 Å². The Morgan fingerprint density at radius 3 is 2.72 bits per heavy atom. The van der Waals surface area contributed by atoms with Crippen LogP contribution in [-0.2, 0) is 4.79 Å². The Hall–Kier alpha value is -2.04. The maximum atomic E-state index is 11.4. The Morgan fingerprint density at radius 2 is 2.06 bits per heavy atom. The Kier molecular flexibility index (Phi) is 5.70. The second-order valence-corrected chi connectivity index (χ2v) is 3.90. The average molecular weight is 250 g/mol. The molecule has 0 fully saturated rings. The number of hydrogen-bond donors (Lipinski definition) is 2. The molecule has 0 aliphatic rings. The van der Waals surface area contributed by atoms with Crippen molar-refractivity contribution < 1.29 is 14.3 Å². The largest absolute Gasteiger partial charge is 0.425 e. The normalized spacial score (nSPS) is 9.67. The van der Waals surface area contributed by atoms with Crippen LogP contribution in [0.5, 0.6) is 5.75 Å². The fraction of sp³-hybridized carbons (Fsp3) is 0.385. The highest BCUT2D eigenvalue weighted by molar-refractivity contribution is 5.81. The molecule has 0 atom stereocenters. The molecule has 0 unspecified atom stereocenters. The summed E-state index contributed by atoms with van der Waals surface area (Å²) < 4.78 is 5.07. The van der Waals surface area contributed by atoms with Gasteiger partial charge in [0.05, 0.1) is 0 Å². The minimum absolute atomic E-state index is 0.149. The molecule has 5 nitrogen and oxygen atoms in total. The van der Waals surface area contributed by atoms with Gasteiger partial charge in [0.15, 0.2) is 0 Å². The van der Waals surface area contributed by atoms with E-state index in [-0.39, 0.29) is 12.6 Å². The predicted molar refractivity (Wildman–Crippen MR) is 68.5 cm³/mol. The smallest absolute Gasteiger partial charge is 0.330 e. The molecule has 0 aliphatic heterocycles. The van der Waals surface area contributed by atoms with Crippen molar-refractivity contribution in [3.8, 4) is 5.75 Å². The van der Waals surface area contributed by atoms with Gasteiger partial charge < -0.3 is 15.4 Å². The summed E-state index contributed by atoms with van der Waals surface area (Å²) in [5.41, 5.74) is 1.01. The molecule has 1 rings (SSSR count). The van der Waals surface area contributed by atoms with Crippen molar-refractivity contribution in [2.75, 3.05) is 13.1 Å². The van der Waals surface area contributed by atoms with Crippen LogP contribution in [0, 0.1) is 6.92 Å². The highest BCUT2D eigenvalue weighted by atomic mass is 16.5. The zero-order valence-corrected chi connectivity index (χ0v) is 10.7. The van der Waals surface area contributed by atoms with Crippen LogP contribution in [0.25, 0.3) is 0 Å². The van der Waals surface area contributed by atoms with Gasteiger partial charge in [0.25, 0.3) is 0 Å². The fourth-order valence-corrected chi connectivity index (χ4v) is 1.30. The van der Waals surface area contributed by atoms with Crippen molar-refractivity contribution >= 4 is 12.0 Å². The van der Waals surface area contributed by atoms with Crippen molar-refractivity contribution in [2.45, 2.75) is 20.3 Å². The van der Waals surface area contributed by atoms with Crippen molar-refractivity contribution in [2.24, 2.45) is 0 Å². The Labute approximate surface area is 107 Å². The standard InChI is InChI=1S/C13H18N2O3/c1-3-7-14-13(17)15-9-12(16)18-11-6-4-5-10(2)8-11/h4-6,8H,3,7,9H2,1-2H3,(H2,14,15,17). The van der Waals surface area contributed by atoms with Gasteiger partial charge in [0.2, 0.25) is 0 Å². The summed E-state index contributed by atoms with van der Waals surface area (Å²) >= 11 is 0. The number of esters is 1. The van der Waals surface area contributed by atoms with Crippen molar-refractivity contribution in [3.63, 3.8) is 0 Å². The molecule has 0 spiro atoms. The molecule has 2 amide bonds. The molecule has 1 aromatic carbocycles. The molecule has 2 N–H and O–H groups in total. The summed E-state index contributed by atoms with van der Waals surface area (Å²) in [7, 11) is 0. The maximum Gasteiger partial charge on any atom is 0.330 e. The minimum Gasteiger partial charge on any atom is -0.425 e. The lowest BCUT2D eigenvalue weighted by Crippen LogP contribution is -2.39. The summed E-state index contributed by atoms with van der Waals surface area (Å²) in [6, 6.07) is 6.81. The molecule has 0 saturated heterocycles. The van der Waals surface area contributed by atoms with Gasteiger partial charge in [-0.2, -0.15) is 0 Å². The van der Waals surface area contributed by atoms with E-state index in [0.29, 0.717) is 12.3 Å². The van der Waals surface area contributed by atoms with E-state index in [1.54, 1.807) is 18.2 Å². The van der Waals surface area contributed by atoms with E-state index in [9.17, 15) is 9.59 Å². The molecular weight excluding hydrogens is 232 g/mol. The van der Waals surface area contributed by atoms with E-state index in [1.165, 1.54) is 0 Å². The number of ether oxygens (including phenoxy) is 1. The van der Waals surface area contributed by atoms with Gasteiger partial charge in [-0.1, -0.05) is 19.1 Å². The molecule has 0 aromatic heterocycles. The molecule has 5 heteroatoms. The monoisotopic (exact) mass is 250 g/mol. The molecule has 1 aromatic rings. The summed E-state index contributed by atoms with van der Waals surface area (Å²) in [5.74, 6) is -0.0111. The van der Waals surface area contributed by atoms with Gasteiger partial charge in [0.1, 0.15) is 12.3 Å². The number of rotatable bonds is 5. The van der Waals surface area contributed by atoms with E-state index in [4.69, 9.17) is 4.74 Å². The van der Waals surface area contributed by atoms with Crippen LogP contribution in [0.3, 0.4) is 0 Å². The molecule has 0 aliphatic carbocycles. The third-order valence-electron chi connectivity index (χ3n) is 2.15. The van der Waals surface area contributed by atoms with Gasteiger partial charge in [0, 0.05) is 6.54 Å². The summed E-state index contributed by atoms with van der Waals surface area (Å²) in [6.45, 7) is 4.29. The molecule has 0 saturated carbocycles. The fourth-order valence-electron chi connectivity index (χ4n) is 1.30. The lowest BCUT2D eigenvalue weighted by Gasteiger charge is -2.07. The SMILES string of the molecule is CCCNC(=O)NCC(=O)Oc1cccc(C)c1. The maximum absolute atomic E-state index is 11.4. The second kappa shape index (κ2) is 7.32. The van der Waals surface area contributed by atoms with E-state index in [0.717, 1.165) is 12.0 Å². The number of benzene rings is 1. The van der Waals surface area contributed by atoms with Crippen LogP contribution < -0.4 is 15.4 Å². The van der Waals surface area contributed by atoms with Crippen molar-refractivity contribution in [1.82, 2.24) is 10.6 Å². The number of hydrogen-bond acceptors (Lipinski definition) is 3. The lowest BCUT2D eigenvalue weighted by molar-refractivity contribution is -0.133. The zero-order chi connectivity index (χ0) is 13.4. The third-order valence-corrected chi connectivity index (χ3v) is 2.15. The number of carbonyl (C=O) groups is 2. The first kappa shape index (κ1) is 14.0. The van der Waals surface area contributed by atoms with Gasteiger partial charge in [-0.15, -0.1) is 0 Å². The van der Waals surface area contributed by atoms with Crippen LogP contribution in [0.15, 0.2) is 24.3 Å². The van der Waals surface area contributed by atoms with E-state index in [2.05, 4.69) is 10.6 Å². The molecular formula is C13H18N2O3. The summed E-state index contributed by atoms with van der Waals surface area (Å²) in [4.78, 5) is 22.6. The van der Waals surface area contributed by atoms with Gasteiger partial charge >= 0.3 is 12.0 Å². The topological polar surface area (TPSA) is 67.4 Å². The van der Waals surface area contributed by atoms with Crippen molar-refractivity contribution in [1.29, 1.82) is 0 Å². The van der Waals surface area contributed by atoms with Gasteiger partial charge in [-0.25, -0.2) is 9.59 Å². The highest BCUT2D eigenvalue weighted by Crippen LogP contribution is 2.12. The van der Waals surface area contributed by atoms with Crippen LogP contribution in [0.1, 0.15) is 18.9 Å². The predicted octanol–water partition coefficient (Wildman–Crippen LogP) is 1.61. The van der Waals surface area contributed by atoms with Crippen molar-refractivity contribution in [3.05, 3.63) is 29.8 Å². The van der Waals surface area contributed by atoms with Gasteiger partial charge in [-0.3, -0.25) is 0 Å². The Morgan fingerprint density at radius 1 is 1.28 bits per heavy atom. The van der Waals surface area contributed by atoms with Gasteiger partial charge in [-0.05, 0) is 31.0 Å². The second-order valence-electron chi connectivity index (χ2n) is 3.90. The molecule has 0 bridgehead atoms. The Bertz CT molecular complexity index is 418. The van der Waals surface area contributed by atoms with Crippen LogP contribution >= 0.6 is 0 Å². The number of carbonyl (C=O) groups excluding carboxylic acids is 2. The number of aryl methyl sites for hydroxylation is 1. The zero-order valence-electron chi connectivity index (χ0n) is 10.7. The average Bonchev–Trinajstić information content (AvgIpc) is 2.34. The highest BCUT2D eigenvalue weighted by Gasteiger charge is 2.07. The number of urea groups is 1. The first-order valence-corrected chi connectivity index (χ1v) is 5.91. The molecule has 0 radical (unpaired) electrons. The quantitative estimate of drug-likeness (QED) is 0.616. The first-order chi connectivity index (χ1) is 8.61. The van der Waals surface area contributed by atoms with Crippen LogP contribution in [-0.4, -0.2) is 25.1 Å². The van der Waals surface area contributed by atoms with Crippen LogP contribution in [0.2, 0.25) is 0 Å². The number of amides is 2. The number of nitrogens with one attached hydrogen (secondary N) is 2. The molecule has 18 heavy (non-hydrogen) atoms. The molecule has 0 heterocycles. The minimum atomic E-state index is -0.493. The third kappa shape index (κ3) is 5.34. The van der Waals surface area contributed by atoms with E-state index >= 15 is 0 Å². The first-order valence-electron chi connectivity index (χ1n) is 5.91. The summed E-state index contributed by atoms with van der Waals surface area (Å²) in [6.07, 6.45) is 0.848. The molecule has 98 valence electrons. The van der Waals surface area contributed by atoms with E-state index in [1.807, 2.05) is 19.9 Å². The Balaban J connectivity index is 2.31.